The smallest absolute Gasteiger partial charge is 0.260 e. The van der Waals surface area contributed by atoms with Crippen molar-refractivity contribution in [3.05, 3.63) is 77.7 Å². The summed E-state index contributed by atoms with van der Waals surface area (Å²) in [5, 5.41) is 0.569. The molecular formula is C29H35N3O4S2. The summed E-state index contributed by atoms with van der Waals surface area (Å²) < 4.78 is 34.9. The number of rotatable bonds is 11. The molecule has 7 nitrogen and oxygen atoms in total. The molecule has 0 aliphatic carbocycles. The third-order valence-electron chi connectivity index (χ3n) is 6.12. The molecule has 0 saturated heterocycles. The van der Waals surface area contributed by atoms with E-state index in [1.165, 1.54) is 27.8 Å². The molecule has 4 aromatic rings. The van der Waals surface area contributed by atoms with E-state index in [2.05, 4.69) is 6.92 Å². The molecule has 0 radical (unpaired) electrons. The quantitative estimate of drug-likeness (QED) is 0.209. The Balaban J connectivity index is 1.67. The number of hydrogen-bond acceptors (Lipinski definition) is 6. The first kappa shape index (κ1) is 28.0. The molecule has 0 aliphatic rings. The Labute approximate surface area is 229 Å². The van der Waals surface area contributed by atoms with Crippen LogP contribution in [0.5, 0.6) is 0 Å². The van der Waals surface area contributed by atoms with E-state index < -0.39 is 10.0 Å². The van der Waals surface area contributed by atoms with Gasteiger partial charge in [-0.1, -0.05) is 58.1 Å². The maximum Gasteiger partial charge on any atom is 0.260 e. The number of aromatic nitrogens is 1. The van der Waals surface area contributed by atoms with Crippen LogP contribution in [0.15, 0.2) is 70.2 Å². The van der Waals surface area contributed by atoms with Crippen molar-refractivity contribution >= 4 is 42.6 Å². The highest BCUT2D eigenvalue weighted by atomic mass is 32.2. The number of carbonyl (C=O) groups is 1. The Morgan fingerprint density at radius 3 is 2.24 bits per heavy atom. The molecule has 0 unspecified atom stereocenters. The fourth-order valence-electron chi connectivity index (χ4n) is 4.34. The van der Waals surface area contributed by atoms with Crippen molar-refractivity contribution in [2.24, 2.45) is 11.8 Å². The second-order valence-corrected chi connectivity index (χ2v) is 13.2. The maximum absolute atomic E-state index is 13.8. The monoisotopic (exact) mass is 553 g/mol. The van der Waals surface area contributed by atoms with Gasteiger partial charge in [0.05, 0.1) is 27.9 Å². The Kier molecular flexibility index (Phi) is 8.70. The normalized spacial score (nSPS) is 12.2. The molecule has 0 bridgehead atoms. The van der Waals surface area contributed by atoms with E-state index in [9.17, 15) is 13.2 Å². The molecule has 0 atom stereocenters. The molecule has 2 aromatic carbocycles. The van der Waals surface area contributed by atoms with Crippen molar-refractivity contribution in [3.63, 3.8) is 0 Å². The minimum absolute atomic E-state index is 0.181. The van der Waals surface area contributed by atoms with Crippen molar-refractivity contribution in [1.29, 1.82) is 0 Å². The van der Waals surface area contributed by atoms with Crippen LogP contribution in [0.1, 0.15) is 56.3 Å². The molecule has 0 spiro atoms. The van der Waals surface area contributed by atoms with Gasteiger partial charge in [-0.25, -0.2) is 13.4 Å². The number of nitrogens with zero attached hydrogens (tertiary/aromatic N) is 3. The molecule has 38 heavy (non-hydrogen) atoms. The summed E-state index contributed by atoms with van der Waals surface area (Å²) in [5.74, 6) is 0.748. The molecule has 9 heteroatoms. The molecule has 0 fully saturated rings. The van der Waals surface area contributed by atoms with Gasteiger partial charge < -0.3 is 4.42 Å². The van der Waals surface area contributed by atoms with Gasteiger partial charge in [0.25, 0.3) is 5.91 Å². The summed E-state index contributed by atoms with van der Waals surface area (Å²) >= 11 is 1.45. The van der Waals surface area contributed by atoms with Gasteiger partial charge in [-0.2, -0.15) is 4.31 Å². The second kappa shape index (κ2) is 11.8. The first-order valence-electron chi connectivity index (χ1n) is 12.9. The number of aryl methyl sites for hydroxylation is 1. The van der Waals surface area contributed by atoms with Crippen LogP contribution in [0.2, 0.25) is 0 Å². The summed E-state index contributed by atoms with van der Waals surface area (Å²) in [6, 6.07) is 15.9. The number of fused-ring (bicyclic) bond motifs is 1. The van der Waals surface area contributed by atoms with Crippen LogP contribution in [0.25, 0.3) is 10.2 Å². The number of para-hydroxylation sites is 1. The summed E-state index contributed by atoms with van der Waals surface area (Å²) in [4.78, 5) is 20.4. The summed E-state index contributed by atoms with van der Waals surface area (Å²) in [7, 11) is -3.69. The lowest BCUT2D eigenvalue weighted by Crippen LogP contribution is -2.37. The Morgan fingerprint density at radius 2 is 1.66 bits per heavy atom. The highest BCUT2D eigenvalue weighted by molar-refractivity contribution is 7.89. The van der Waals surface area contributed by atoms with Crippen molar-refractivity contribution < 1.29 is 17.6 Å². The van der Waals surface area contributed by atoms with Crippen LogP contribution in [0.4, 0.5) is 5.13 Å². The predicted molar refractivity (Wildman–Crippen MR) is 153 cm³/mol. The summed E-state index contributed by atoms with van der Waals surface area (Å²) in [5.41, 5.74) is 2.39. The first-order valence-corrected chi connectivity index (χ1v) is 15.2. The number of furan rings is 1. The van der Waals surface area contributed by atoms with Gasteiger partial charge in [0, 0.05) is 18.7 Å². The van der Waals surface area contributed by atoms with Gasteiger partial charge >= 0.3 is 0 Å². The molecule has 202 valence electrons. The molecule has 0 aliphatic heterocycles. The third-order valence-corrected chi connectivity index (χ3v) is 9.01. The Bertz CT molecular complexity index is 1460. The molecular weight excluding hydrogens is 518 g/mol. The second-order valence-electron chi connectivity index (χ2n) is 10.2. The van der Waals surface area contributed by atoms with E-state index in [-0.39, 0.29) is 29.2 Å². The molecule has 0 N–H and O–H groups in total. The van der Waals surface area contributed by atoms with E-state index in [1.807, 2.05) is 52.0 Å². The molecule has 4 rings (SSSR count). The topological polar surface area (TPSA) is 83.7 Å². The number of hydrogen-bond donors (Lipinski definition) is 0. The Hall–Kier alpha value is -3.01. The molecule has 0 saturated carbocycles. The predicted octanol–water partition coefficient (Wildman–Crippen LogP) is 6.60. The van der Waals surface area contributed by atoms with Gasteiger partial charge in [0.2, 0.25) is 10.0 Å². The maximum atomic E-state index is 13.8. The van der Waals surface area contributed by atoms with Gasteiger partial charge in [-0.05, 0) is 66.3 Å². The highest BCUT2D eigenvalue weighted by Crippen LogP contribution is 2.33. The fourth-order valence-corrected chi connectivity index (χ4v) is 7.12. The number of benzene rings is 2. The average Bonchev–Trinajstić information content (AvgIpc) is 3.55. The summed E-state index contributed by atoms with van der Waals surface area (Å²) in [6.45, 7) is 11.2. The van der Waals surface area contributed by atoms with E-state index in [0.29, 0.717) is 29.5 Å². The average molecular weight is 554 g/mol. The van der Waals surface area contributed by atoms with Crippen LogP contribution in [-0.4, -0.2) is 36.7 Å². The van der Waals surface area contributed by atoms with Crippen molar-refractivity contribution in [2.75, 3.05) is 18.0 Å². The number of sulfonamides is 1. The van der Waals surface area contributed by atoms with Crippen molar-refractivity contribution in [1.82, 2.24) is 9.29 Å². The standard InChI is InChI=1S/C29H35N3O4S2/c1-6-22-9-7-11-26-27(22)30-29(37-26)32(19-24-10-8-16-36-24)28(33)23-12-14-25(15-13-23)38(34,35)31(17-20(2)3)18-21(4)5/h7-16,20-21H,6,17-19H2,1-5H3. The zero-order chi connectivity index (χ0) is 27.4. The lowest BCUT2D eigenvalue weighted by molar-refractivity contribution is 0.0983. The van der Waals surface area contributed by atoms with Crippen LogP contribution in [0, 0.1) is 11.8 Å². The van der Waals surface area contributed by atoms with E-state index in [0.717, 1.165) is 22.2 Å². The zero-order valence-corrected chi connectivity index (χ0v) is 24.2. The van der Waals surface area contributed by atoms with E-state index in [1.54, 1.807) is 29.4 Å². The van der Waals surface area contributed by atoms with Gasteiger partial charge in [-0.15, -0.1) is 0 Å². The number of anilines is 1. The van der Waals surface area contributed by atoms with Crippen LogP contribution >= 0.6 is 11.3 Å². The number of thiazole rings is 1. The Morgan fingerprint density at radius 1 is 0.974 bits per heavy atom. The van der Waals surface area contributed by atoms with E-state index in [4.69, 9.17) is 9.40 Å². The minimum Gasteiger partial charge on any atom is -0.467 e. The first-order chi connectivity index (χ1) is 18.1. The molecule has 2 aromatic heterocycles. The number of carbonyl (C=O) groups excluding carboxylic acids is 1. The fraction of sp³-hybridized carbons (Fsp3) is 0.379. The largest absolute Gasteiger partial charge is 0.467 e. The molecule has 2 heterocycles. The van der Waals surface area contributed by atoms with Gasteiger partial charge in [-0.3, -0.25) is 9.69 Å². The highest BCUT2D eigenvalue weighted by Gasteiger charge is 2.27. The van der Waals surface area contributed by atoms with E-state index >= 15 is 0 Å². The summed E-state index contributed by atoms with van der Waals surface area (Å²) in [6.07, 6.45) is 2.42. The van der Waals surface area contributed by atoms with Crippen LogP contribution in [0.3, 0.4) is 0 Å². The van der Waals surface area contributed by atoms with Crippen LogP contribution in [-0.2, 0) is 23.0 Å². The zero-order valence-electron chi connectivity index (χ0n) is 22.5. The lowest BCUT2D eigenvalue weighted by Gasteiger charge is -2.25. The van der Waals surface area contributed by atoms with Crippen molar-refractivity contribution in [3.8, 4) is 0 Å². The SMILES string of the molecule is CCc1cccc2sc(N(Cc3ccco3)C(=O)c3ccc(S(=O)(=O)N(CC(C)C)CC(C)C)cc3)nc12. The van der Waals surface area contributed by atoms with Crippen LogP contribution < -0.4 is 4.90 Å². The van der Waals surface area contributed by atoms with Gasteiger partial charge in [0.1, 0.15) is 5.76 Å². The van der Waals surface area contributed by atoms with Gasteiger partial charge in [0.15, 0.2) is 5.13 Å². The number of amides is 1. The third kappa shape index (κ3) is 6.17. The lowest BCUT2D eigenvalue weighted by atomic mass is 10.1. The molecule has 1 amide bonds. The minimum atomic E-state index is -3.69. The van der Waals surface area contributed by atoms with Crippen molar-refractivity contribution in [2.45, 2.75) is 52.5 Å².